The average Bonchev–Trinajstić information content (AvgIpc) is 2.97. The van der Waals surface area contributed by atoms with Gasteiger partial charge in [0.05, 0.1) is 23.6 Å². The van der Waals surface area contributed by atoms with Gasteiger partial charge in [-0.3, -0.25) is 0 Å². The second-order valence-electron chi connectivity index (χ2n) is 5.50. The molecule has 0 saturated carbocycles. The molecule has 0 aliphatic carbocycles. The van der Waals surface area contributed by atoms with Crippen LogP contribution in [0.2, 0.25) is 0 Å². The minimum absolute atomic E-state index is 0.216. The number of rotatable bonds is 4. The van der Waals surface area contributed by atoms with Crippen LogP contribution in [0.4, 0.5) is 5.13 Å². The molecule has 1 aliphatic heterocycles. The van der Waals surface area contributed by atoms with Crippen LogP contribution < -0.4 is 5.32 Å². The molecule has 0 spiro atoms. The van der Waals surface area contributed by atoms with Gasteiger partial charge < -0.3 is 15.0 Å². The normalized spacial score (nSPS) is 21.1. The summed E-state index contributed by atoms with van der Waals surface area (Å²) in [4.78, 5) is 7.98. The number of likely N-dealkylation sites (N-methyl/N-ethyl adjacent to an activating group) is 1. The highest BCUT2D eigenvalue weighted by Gasteiger charge is 2.24. The van der Waals surface area contributed by atoms with Crippen molar-refractivity contribution in [2.75, 3.05) is 32.1 Å². The van der Waals surface area contributed by atoms with Crippen LogP contribution in [0.1, 0.15) is 6.92 Å². The zero-order valence-corrected chi connectivity index (χ0v) is 13.3. The maximum atomic E-state index is 5.85. The number of morpholine rings is 1. The van der Waals surface area contributed by atoms with Crippen LogP contribution >= 0.6 is 11.3 Å². The molecule has 3 rings (SSSR count). The van der Waals surface area contributed by atoms with Crippen molar-refractivity contribution in [2.45, 2.75) is 19.1 Å². The fourth-order valence-corrected chi connectivity index (χ4v) is 3.40. The van der Waals surface area contributed by atoms with E-state index in [4.69, 9.17) is 4.74 Å². The third-order valence-corrected chi connectivity index (χ3v) is 4.75. The summed E-state index contributed by atoms with van der Waals surface area (Å²) in [6.45, 7) is 4.94. The first kappa shape index (κ1) is 14.5. The number of aromatic nitrogens is 1. The van der Waals surface area contributed by atoms with E-state index in [9.17, 15) is 0 Å². The molecule has 1 aromatic heterocycles. The lowest BCUT2D eigenvalue weighted by Crippen LogP contribution is -2.47. The Hall–Kier alpha value is -1.43. The summed E-state index contributed by atoms with van der Waals surface area (Å²) in [7, 11) is 2.14. The van der Waals surface area contributed by atoms with E-state index in [2.05, 4.69) is 53.4 Å². The van der Waals surface area contributed by atoms with Gasteiger partial charge >= 0.3 is 0 Å². The first-order valence-corrected chi connectivity index (χ1v) is 8.12. The summed E-state index contributed by atoms with van der Waals surface area (Å²) >= 11 is 1.69. The third kappa shape index (κ3) is 3.61. The maximum absolute atomic E-state index is 5.85. The van der Waals surface area contributed by atoms with Gasteiger partial charge in [0.15, 0.2) is 5.13 Å². The minimum atomic E-state index is 0.216. The molecule has 2 heterocycles. The molecule has 0 radical (unpaired) electrons. The van der Waals surface area contributed by atoms with Gasteiger partial charge in [0.25, 0.3) is 0 Å². The number of benzene rings is 1. The summed E-state index contributed by atoms with van der Waals surface area (Å²) in [6.07, 6.45) is 2.15. The topological polar surface area (TPSA) is 37.4 Å². The van der Waals surface area contributed by atoms with Crippen molar-refractivity contribution in [1.82, 2.24) is 9.88 Å². The van der Waals surface area contributed by atoms with E-state index in [0.717, 1.165) is 24.8 Å². The molecule has 112 valence electrons. The SMILES string of the molecule is CC(Nc1ncc(-c2ccccc2)s1)C1CN(C)CCO1. The van der Waals surface area contributed by atoms with Crippen molar-refractivity contribution in [3.63, 3.8) is 0 Å². The highest BCUT2D eigenvalue weighted by atomic mass is 32.1. The monoisotopic (exact) mass is 303 g/mol. The molecule has 2 atom stereocenters. The summed E-state index contributed by atoms with van der Waals surface area (Å²) < 4.78 is 5.85. The van der Waals surface area contributed by atoms with Gasteiger partial charge in [0, 0.05) is 19.3 Å². The van der Waals surface area contributed by atoms with Crippen molar-refractivity contribution in [3.8, 4) is 10.4 Å². The minimum Gasteiger partial charge on any atom is -0.373 e. The van der Waals surface area contributed by atoms with Crippen LogP contribution in [-0.2, 0) is 4.74 Å². The second-order valence-corrected chi connectivity index (χ2v) is 6.53. The Morgan fingerprint density at radius 2 is 2.19 bits per heavy atom. The predicted molar refractivity (Wildman–Crippen MR) is 87.9 cm³/mol. The smallest absolute Gasteiger partial charge is 0.183 e. The number of ether oxygens (including phenoxy) is 1. The third-order valence-electron chi connectivity index (χ3n) is 3.77. The molecular formula is C16H21N3OS. The van der Waals surface area contributed by atoms with Gasteiger partial charge in [-0.1, -0.05) is 41.7 Å². The summed E-state index contributed by atoms with van der Waals surface area (Å²) in [5.74, 6) is 0. The van der Waals surface area contributed by atoms with Gasteiger partial charge in [-0.2, -0.15) is 0 Å². The van der Waals surface area contributed by atoms with Crippen LogP contribution in [-0.4, -0.2) is 48.8 Å². The van der Waals surface area contributed by atoms with Gasteiger partial charge in [-0.05, 0) is 19.5 Å². The van der Waals surface area contributed by atoms with E-state index in [1.165, 1.54) is 10.4 Å². The molecule has 1 saturated heterocycles. The zero-order chi connectivity index (χ0) is 14.7. The fourth-order valence-electron chi connectivity index (χ4n) is 2.48. The number of anilines is 1. The van der Waals surface area contributed by atoms with Crippen LogP contribution in [0.15, 0.2) is 36.5 Å². The number of nitrogens with zero attached hydrogens (tertiary/aromatic N) is 2. The summed E-state index contributed by atoms with van der Waals surface area (Å²) in [6, 6.07) is 10.6. The molecule has 4 nitrogen and oxygen atoms in total. The van der Waals surface area contributed by atoms with E-state index in [0.29, 0.717) is 0 Å². The highest BCUT2D eigenvalue weighted by Crippen LogP contribution is 2.29. The van der Waals surface area contributed by atoms with Crippen LogP contribution in [0.5, 0.6) is 0 Å². The lowest BCUT2D eigenvalue weighted by molar-refractivity contribution is -0.0259. The Kier molecular flexibility index (Phi) is 4.53. The van der Waals surface area contributed by atoms with Crippen LogP contribution in [0, 0.1) is 0 Å². The quantitative estimate of drug-likeness (QED) is 0.942. The Balaban J connectivity index is 1.64. The van der Waals surface area contributed by atoms with E-state index in [-0.39, 0.29) is 12.1 Å². The largest absolute Gasteiger partial charge is 0.373 e. The number of hydrogen-bond acceptors (Lipinski definition) is 5. The van der Waals surface area contributed by atoms with Gasteiger partial charge in [0.2, 0.25) is 0 Å². The number of thiazole rings is 1. The van der Waals surface area contributed by atoms with Crippen molar-refractivity contribution in [1.29, 1.82) is 0 Å². The van der Waals surface area contributed by atoms with Crippen LogP contribution in [0.25, 0.3) is 10.4 Å². The van der Waals surface area contributed by atoms with Crippen molar-refractivity contribution >= 4 is 16.5 Å². The number of hydrogen-bond donors (Lipinski definition) is 1. The summed E-state index contributed by atoms with van der Waals surface area (Å²) in [5, 5.41) is 4.43. The fraction of sp³-hybridized carbons (Fsp3) is 0.438. The van der Waals surface area contributed by atoms with Crippen molar-refractivity contribution in [3.05, 3.63) is 36.5 Å². The molecule has 0 bridgehead atoms. The zero-order valence-electron chi connectivity index (χ0n) is 12.5. The van der Waals surface area contributed by atoms with Crippen molar-refractivity contribution < 1.29 is 4.74 Å². The lowest BCUT2D eigenvalue weighted by Gasteiger charge is -2.33. The van der Waals surface area contributed by atoms with E-state index in [1.807, 2.05) is 12.3 Å². The van der Waals surface area contributed by atoms with Gasteiger partial charge in [-0.15, -0.1) is 0 Å². The molecular weight excluding hydrogens is 282 g/mol. The standard InChI is InChI=1S/C16H21N3OS/c1-12(14-11-19(2)8-9-20-14)18-16-17-10-15(21-16)13-6-4-3-5-7-13/h3-7,10,12,14H,8-9,11H2,1-2H3,(H,17,18). The summed E-state index contributed by atoms with van der Waals surface area (Å²) in [5.41, 5.74) is 1.21. The Morgan fingerprint density at radius 1 is 1.38 bits per heavy atom. The molecule has 1 aliphatic rings. The maximum Gasteiger partial charge on any atom is 0.183 e. The molecule has 21 heavy (non-hydrogen) atoms. The molecule has 1 fully saturated rings. The van der Waals surface area contributed by atoms with E-state index >= 15 is 0 Å². The predicted octanol–water partition coefficient (Wildman–Crippen LogP) is 2.94. The molecule has 1 N–H and O–H groups in total. The van der Waals surface area contributed by atoms with Gasteiger partial charge in [-0.25, -0.2) is 4.98 Å². The Bertz CT molecular complexity index is 572. The van der Waals surface area contributed by atoms with E-state index < -0.39 is 0 Å². The number of nitrogens with one attached hydrogen (secondary N) is 1. The van der Waals surface area contributed by atoms with Gasteiger partial charge in [0.1, 0.15) is 0 Å². The molecule has 2 aromatic rings. The van der Waals surface area contributed by atoms with E-state index in [1.54, 1.807) is 11.3 Å². The second kappa shape index (κ2) is 6.56. The molecule has 5 heteroatoms. The van der Waals surface area contributed by atoms with Crippen molar-refractivity contribution in [2.24, 2.45) is 0 Å². The first-order chi connectivity index (χ1) is 10.2. The molecule has 0 amide bonds. The first-order valence-electron chi connectivity index (χ1n) is 7.30. The Labute approximate surface area is 129 Å². The Morgan fingerprint density at radius 3 is 2.95 bits per heavy atom. The lowest BCUT2D eigenvalue weighted by atomic mass is 10.1. The van der Waals surface area contributed by atoms with Crippen LogP contribution in [0.3, 0.4) is 0 Å². The highest BCUT2D eigenvalue weighted by molar-refractivity contribution is 7.18. The molecule has 2 unspecified atom stereocenters. The average molecular weight is 303 g/mol. The molecule has 1 aromatic carbocycles.